The van der Waals surface area contributed by atoms with Gasteiger partial charge < -0.3 is 21.7 Å². The molecule has 18 heavy (non-hydrogen) atoms. The summed E-state index contributed by atoms with van der Waals surface area (Å²) in [6, 6.07) is 5.00. The Kier molecular flexibility index (Phi) is 4.97. The Hall–Kier alpha value is -1.75. The molecule has 5 N–H and O–H groups in total. The molecule has 1 amide bonds. The zero-order valence-electron chi connectivity index (χ0n) is 11.2. The van der Waals surface area contributed by atoms with E-state index in [2.05, 4.69) is 10.2 Å². The molecule has 0 aliphatic carbocycles. The monoisotopic (exact) mass is 250 g/mol. The predicted molar refractivity (Wildman–Crippen MR) is 75.4 cm³/mol. The summed E-state index contributed by atoms with van der Waals surface area (Å²) in [4.78, 5) is 14.1. The maximum absolute atomic E-state index is 12.0. The fourth-order valence-electron chi connectivity index (χ4n) is 1.64. The maximum Gasteiger partial charge on any atom is 0.251 e. The van der Waals surface area contributed by atoms with Crippen molar-refractivity contribution in [1.82, 2.24) is 10.2 Å². The zero-order chi connectivity index (χ0) is 13.7. The van der Waals surface area contributed by atoms with Gasteiger partial charge in [-0.15, -0.1) is 0 Å². The predicted octanol–water partition coefficient (Wildman–Crippen LogP) is 0.921. The van der Waals surface area contributed by atoms with E-state index in [1.165, 1.54) is 0 Å². The molecule has 0 radical (unpaired) electrons. The van der Waals surface area contributed by atoms with Crippen molar-refractivity contribution < 1.29 is 4.79 Å². The van der Waals surface area contributed by atoms with E-state index in [0.717, 1.165) is 13.0 Å². The Morgan fingerprint density at radius 1 is 1.28 bits per heavy atom. The van der Waals surface area contributed by atoms with Gasteiger partial charge in [-0.1, -0.05) is 0 Å². The van der Waals surface area contributed by atoms with Gasteiger partial charge in [-0.25, -0.2) is 0 Å². The van der Waals surface area contributed by atoms with Crippen molar-refractivity contribution in [2.24, 2.45) is 0 Å². The number of amides is 1. The third-order valence-electron chi connectivity index (χ3n) is 2.63. The molecule has 1 atom stereocenters. The largest absolute Gasteiger partial charge is 0.399 e. The number of rotatable bonds is 5. The third kappa shape index (κ3) is 4.63. The molecule has 1 unspecified atom stereocenters. The van der Waals surface area contributed by atoms with Crippen LogP contribution in [0.2, 0.25) is 0 Å². The maximum atomic E-state index is 12.0. The van der Waals surface area contributed by atoms with E-state index >= 15 is 0 Å². The summed E-state index contributed by atoms with van der Waals surface area (Å²) < 4.78 is 0. The van der Waals surface area contributed by atoms with Gasteiger partial charge in [0.1, 0.15) is 0 Å². The molecule has 100 valence electrons. The Morgan fingerprint density at radius 2 is 1.83 bits per heavy atom. The van der Waals surface area contributed by atoms with Gasteiger partial charge in [-0.3, -0.25) is 4.79 Å². The molecule has 0 aliphatic heterocycles. The van der Waals surface area contributed by atoms with Crippen molar-refractivity contribution in [2.75, 3.05) is 32.1 Å². The van der Waals surface area contributed by atoms with E-state index in [1.807, 2.05) is 21.0 Å². The minimum absolute atomic E-state index is 0.113. The van der Waals surface area contributed by atoms with Crippen LogP contribution in [0.5, 0.6) is 0 Å². The summed E-state index contributed by atoms with van der Waals surface area (Å²) in [5, 5.41) is 2.93. The Morgan fingerprint density at radius 3 is 2.33 bits per heavy atom. The van der Waals surface area contributed by atoms with Crippen LogP contribution >= 0.6 is 0 Å². The van der Waals surface area contributed by atoms with Crippen LogP contribution in [0.25, 0.3) is 0 Å². The molecular formula is C13H22N4O. The van der Waals surface area contributed by atoms with Crippen molar-refractivity contribution in [3.05, 3.63) is 23.8 Å². The summed E-state index contributed by atoms with van der Waals surface area (Å²) in [5.41, 5.74) is 12.8. The molecule has 1 aromatic rings. The van der Waals surface area contributed by atoms with Gasteiger partial charge in [-0.05, 0) is 52.2 Å². The lowest BCUT2D eigenvalue weighted by molar-refractivity contribution is 0.0937. The van der Waals surface area contributed by atoms with Gasteiger partial charge >= 0.3 is 0 Å². The van der Waals surface area contributed by atoms with Crippen molar-refractivity contribution in [3.63, 3.8) is 0 Å². The fourth-order valence-corrected chi connectivity index (χ4v) is 1.64. The molecule has 0 spiro atoms. The van der Waals surface area contributed by atoms with Crippen LogP contribution in [0.15, 0.2) is 18.2 Å². The highest BCUT2D eigenvalue weighted by atomic mass is 16.1. The average molecular weight is 250 g/mol. The lowest BCUT2D eigenvalue weighted by Gasteiger charge is -2.17. The van der Waals surface area contributed by atoms with Gasteiger partial charge in [-0.2, -0.15) is 0 Å². The number of anilines is 2. The molecule has 0 saturated heterocycles. The first kappa shape index (κ1) is 14.3. The number of carbonyl (C=O) groups excluding carboxylic acids is 1. The number of benzene rings is 1. The molecule has 1 aromatic carbocycles. The van der Waals surface area contributed by atoms with Gasteiger partial charge in [0.05, 0.1) is 0 Å². The summed E-state index contributed by atoms with van der Waals surface area (Å²) in [5.74, 6) is -0.139. The molecule has 0 saturated carbocycles. The number of nitrogen functional groups attached to an aromatic ring is 2. The Balaban J connectivity index is 2.59. The summed E-state index contributed by atoms with van der Waals surface area (Å²) in [7, 11) is 4.01. The summed E-state index contributed by atoms with van der Waals surface area (Å²) in [6.07, 6.45) is 0.899. The SMILES string of the molecule is CC(CCN(C)C)NC(=O)c1cc(N)cc(N)c1. The van der Waals surface area contributed by atoms with Gasteiger partial charge in [0, 0.05) is 23.0 Å². The van der Waals surface area contributed by atoms with Crippen LogP contribution < -0.4 is 16.8 Å². The second kappa shape index (κ2) is 6.26. The lowest BCUT2D eigenvalue weighted by atomic mass is 10.1. The van der Waals surface area contributed by atoms with Gasteiger partial charge in [0.25, 0.3) is 5.91 Å². The Bertz CT molecular complexity index is 397. The van der Waals surface area contributed by atoms with Gasteiger partial charge in [0.15, 0.2) is 0 Å². The minimum Gasteiger partial charge on any atom is -0.399 e. The smallest absolute Gasteiger partial charge is 0.251 e. The second-order valence-electron chi connectivity index (χ2n) is 4.85. The van der Waals surface area contributed by atoms with Crippen molar-refractivity contribution in [2.45, 2.75) is 19.4 Å². The first-order valence-electron chi connectivity index (χ1n) is 6.00. The van der Waals surface area contributed by atoms with E-state index in [1.54, 1.807) is 18.2 Å². The first-order valence-corrected chi connectivity index (χ1v) is 6.00. The van der Waals surface area contributed by atoms with E-state index in [-0.39, 0.29) is 11.9 Å². The van der Waals surface area contributed by atoms with Crippen molar-refractivity contribution in [3.8, 4) is 0 Å². The number of hydrogen-bond acceptors (Lipinski definition) is 4. The highest BCUT2D eigenvalue weighted by molar-refractivity contribution is 5.96. The van der Waals surface area contributed by atoms with Crippen molar-refractivity contribution >= 4 is 17.3 Å². The van der Waals surface area contributed by atoms with E-state index < -0.39 is 0 Å². The van der Waals surface area contributed by atoms with Crippen LogP contribution in [0.3, 0.4) is 0 Å². The standard InChI is InChI=1S/C13H22N4O/c1-9(4-5-17(2)3)16-13(18)10-6-11(14)8-12(15)7-10/h6-9H,4-5,14-15H2,1-3H3,(H,16,18). The highest BCUT2D eigenvalue weighted by Crippen LogP contribution is 2.13. The molecule has 0 fully saturated rings. The van der Waals surface area contributed by atoms with Gasteiger partial charge in [0.2, 0.25) is 0 Å². The quantitative estimate of drug-likeness (QED) is 0.678. The molecule has 0 heterocycles. The Labute approximate surface area is 108 Å². The lowest BCUT2D eigenvalue weighted by Crippen LogP contribution is -2.34. The minimum atomic E-state index is -0.139. The average Bonchev–Trinajstić information content (AvgIpc) is 2.25. The molecule has 1 rings (SSSR count). The highest BCUT2D eigenvalue weighted by Gasteiger charge is 2.10. The van der Waals surface area contributed by atoms with Crippen LogP contribution in [0.4, 0.5) is 11.4 Å². The molecular weight excluding hydrogens is 228 g/mol. The van der Waals surface area contributed by atoms with Crippen LogP contribution in [-0.4, -0.2) is 37.5 Å². The molecule has 5 nitrogen and oxygen atoms in total. The van der Waals surface area contributed by atoms with E-state index in [0.29, 0.717) is 16.9 Å². The fraction of sp³-hybridized carbons (Fsp3) is 0.462. The van der Waals surface area contributed by atoms with E-state index in [9.17, 15) is 4.79 Å². The van der Waals surface area contributed by atoms with Crippen LogP contribution in [0.1, 0.15) is 23.7 Å². The number of carbonyl (C=O) groups is 1. The second-order valence-corrected chi connectivity index (χ2v) is 4.85. The van der Waals surface area contributed by atoms with E-state index in [4.69, 9.17) is 11.5 Å². The molecule has 0 aliphatic rings. The first-order chi connectivity index (χ1) is 8.38. The number of nitrogens with two attached hydrogens (primary N) is 2. The molecule has 0 bridgehead atoms. The van der Waals surface area contributed by atoms with Crippen molar-refractivity contribution in [1.29, 1.82) is 0 Å². The topological polar surface area (TPSA) is 84.4 Å². The van der Waals surface area contributed by atoms with Crippen LogP contribution in [-0.2, 0) is 0 Å². The number of nitrogens with zero attached hydrogens (tertiary/aromatic N) is 1. The normalized spacial score (nSPS) is 12.4. The zero-order valence-corrected chi connectivity index (χ0v) is 11.2. The molecule has 5 heteroatoms. The number of hydrogen-bond donors (Lipinski definition) is 3. The third-order valence-corrected chi connectivity index (χ3v) is 2.63. The van der Waals surface area contributed by atoms with Crippen LogP contribution in [0, 0.1) is 0 Å². The summed E-state index contributed by atoms with van der Waals surface area (Å²) >= 11 is 0. The number of nitrogens with one attached hydrogen (secondary N) is 1. The summed E-state index contributed by atoms with van der Waals surface area (Å²) in [6.45, 7) is 2.91. The molecule has 0 aromatic heterocycles.